The van der Waals surface area contributed by atoms with Crippen molar-refractivity contribution in [2.75, 3.05) is 13.7 Å². The summed E-state index contributed by atoms with van der Waals surface area (Å²) in [5.74, 6) is 1.68. The molecule has 0 amide bonds. The third-order valence-corrected chi connectivity index (χ3v) is 8.61. The van der Waals surface area contributed by atoms with Gasteiger partial charge >= 0.3 is 0 Å². The summed E-state index contributed by atoms with van der Waals surface area (Å²) in [6, 6.07) is 26.7. The van der Waals surface area contributed by atoms with Crippen LogP contribution in [0.4, 0.5) is 0 Å². The average molecular weight is 605 g/mol. The Morgan fingerprint density at radius 2 is 1.70 bits per heavy atom. The first-order valence-corrected chi connectivity index (χ1v) is 15.2. The monoisotopic (exact) mass is 604 g/mol. The predicted molar refractivity (Wildman–Crippen MR) is 173 cm³/mol. The van der Waals surface area contributed by atoms with E-state index in [0.29, 0.717) is 51.1 Å². The summed E-state index contributed by atoms with van der Waals surface area (Å²) in [5.41, 5.74) is 3.42. The minimum atomic E-state index is -0.695. The summed E-state index contributed by atoms with van der Waals surface area (Å²) in [7, 11) is 1.60. The van der Waals surface area contributed by atoms with E-state index in [4.69, 9.17) is 19.2 Å². The number of Topliss-reactive ketones (excluding diaryl/α,β-unsaturated/α-hetero) is 1. The van der Waals surface area contributed by atoms with Crippen LogP contribution in [0.1, 0.15) is 43.5 Å². The normalized spacial score (nSPS) is 14.7. The molecule has 4 aromatic carbocycles. The predicted octanol–water partition coefficient (Wildman–Crippen LogP) is 5.96. The van der Waals surface area contributed by atoms with Gasteiger partial charge in [-0.25, -0.2) is 4.99 Å². The number of carbonyl (C=O) groups is 1. The number of rotatable bonds is 9. The maximum absolute atomic E-state index is 14.2. The van der Waals surface area contributed by atoms with Crippen LogP contribution in [0.25, 0.3) is 16.8 Å². The van der Waals surface area contributed by atoms with E-state index in [1.807, 2.05) is 105 Å². The molecule has 8 heteroatoms. The lowest BCUT2D eigenvalue weighted by atomic mass is 9.89. The number of thiazole rings is 1. The number of nitrogens with zero attached hydrogens (tertiary/aromatic N) is 2. The molecule has 1 aliphatic heterocycles. The Bertz CT molecular complexity index is 2090. The molecule has 0 N–H and O–H groups in total. The molecule has 0 radical (unpaired) electrons. The van der Waals surface area contributed by atoms with Crippen molar-refractivity contribution in [1.82, 2.24) is 4.57 Å². The molecule has 7 nitrogen and oxygen atoms in total. The number of ether oxygens (including phenoxy) is 3. The van der Waals surface area contributed by atoms with Gasteiger partial charge in [-0.1, -0.05) is 78.1 Å². The summed E-state index contributed by atoms with van der Waals surface area (Å²) in [4.78, 5) is 32.6. The molecule has 0 spiro atoms. The van der Waals surface area contributed by atoms with E-state index < -0.39 is 6.04 Å². The fraction of sp³-hybridized carbons (Fsp3) is 0.194. The Hall–Kier alpha value is -4.95. The van der Waals surface area contributed by atoms with Crippen LogP contribution in [0, 0.1) is 0 Å². The van der Waals surface area contributed by atoms with E-state index in [9.17, 15) is 9.59 Å². The lowest BCUT2D eigenvalue weighted by molar-refractivity contribution is -0.114. The van der Waals surface area contributed by atoms with Crippen LogP contribution in [-0.2, 0) is 11.4 Å². The lowest BCUT2D eigenvalue weighted by Gasteiger charge is -2.27. The number of hydrogen-bond acceptors (Lipinski definition) is 7. The first-order valence-electron chi connectivity index (χ1n) is 14.4. The molecular weight excluding hydrogens is 572 g/mol. The summed E-state index contributed by atoms with van der Waals surface area (Å²) < 4.78 is 19.9. The second kappa shape index (κ2) is 12.3. The minimum absolute atomic E-state index is 0.145. The van der Waals surface area contributed by atoms with Crippen molar-refractivity contribution < 1.29 is 19.0 Å². The Morgan fingerprint density at radius 1 is 0.955 bits per heavy atom. The van der Waals surface area contributed by atoms with E-state index in [1.165, 1.54) is 18.3 Å². The van der Waals surface area contributed by atoms with Crippen molar-refractivity contribution in [2.24, 2.45) is 4.99 Å². The maximum Gasteiger partial charge on any atom is 0.271 e. The number of fused-ring (bicyclic) bond motifs is 2. The SMILES string of the molecule is CCOc1cc(C=c2sc3n(c2=O)[C@H](c2c(OC)ccc4ccccc24)C(C(C)=O)=C(C)N=3)ccc1OCc1ccccc1. The van der Waals surface area contributed by atoms with Gasteiger partial charge in [-0.05, 0) is 66.9 Å². The largest absolute Gasteiger partial charge is 0.496 e. The summed E-state index contributed by atoms with van der Waals surface area (Å²) >= 11 is 1.29. The average Bonchev–Trinajstić information content (AvgIpc) is 3.33. The van der Waals surface area contributed by atoms with Crippen molar-refractivity contribution >= 4 is 34.0 Å². The molecule has 222 valence electrons. The Labute approximate surface area is 259 Å². The molecule has 1 aliphatic rings. The van der Waals surface area contributed by atoms with E-state index >= 15 is 0 Å². The molecule has 5 aromatic rings. The number of allylic oxidation sites excluding steroid dienone is 2. The van der Waals surface area contributed by atoms with Crippen molar-refractivity contribution in [2.45, 2.75) is 33.4 Å². The topological polar surface area (TPSA) is 79.1 Å². The number of carbonyl (C=O) groups excluding carboxylic acids is 1. The van der Waals surface area contributed by atoms with E-state index in [-0.39, 0.29) is 11.3 Å². The smallest absolute Gasteiger partial charge is 0.271 e. The quantitative estimate of drug-likeness (QED) is 0.207. The fourth-order valence-corrected chi connectivity index (χ4v) is 6.71. The van der Waals surface area contributed by atoms with Crippen LogP contribution in [0.3, 0.4) is 0 Å². The van der Waals surface area contributed by atoms with Gasteiger partial charge in [0, 0.05) is 16.8 Å². The molecule has 2 heterocycles. The van der Waals surface area contributed by atoms with Crippen molar-refractivity contribution in [3.05, 3.63) is 133 Å². The molecule has 0 unspecified atom stereocenters. The van der Waals surface area contributed by atoms with Crippen molar-refractivity contribution in [3.63, 3.8) is 0 Å². The highest BCUT2D eigenvalue weighted by Gasteiger charge is 2.33. The van der Waals surface area contributed by atoms with Gasteiger partial charge in [-0.2, -0.15) is 0 Å². The second-order valence-electron chi connectivity index (χ2n) is 10.5. The molecule has 0 fully saturated rings. The highest BCUT2D eigenvalue weighted by molar-refractivity contribution is 7.07. The molecule has 1 atom stereocenters. The van der Waals surface area contributed by atoms with Gasteiger partial charge in [0.1, 0.15) is 12.4 Å². The van der Waals surface area contributed by atoms with Crippen LogP contribution < -0.4 is 29.1 Å². The molecule has 0 saturated carbocycles. The van der Waals surface area contributed by atoms with E-state index in [2.05, 4.69) is 0 Å². The van der Waals surface area contributed by atoms with Gasteiger partial charge < -0.3 is 14.2 Å². The highest BCUT2D eigenvalue weighted by Crippen LogP contribution is 2.40. The molecule has 1 aromatic heterocycles. The van der Waals surface area contributed by atoms with Crippen LogP contribution in [0.5, 0.6) is 17.2 Å². The second-order valence-corrected chi connectivity index (χ2v) is 11.5. The highest BCUT2D eigenvalue weighted by atomic mass is 32.1. The van der Waals surface area contributed by atoms with Gasteiger partial charge in [0.05, 0.1) is 24.3 Å². The molecular formula is C36H32N2O5S. The zero-order valence-electron chi connectivity index (χ0n) is 25.0. The number of aromatic nitrogens is 1. The van der Waals surface area contributed by atoms with E-state index in [0.717, 1.165) is 27.5 Å². The van der Waals surface area contributed by atoms with Crippen molar-refractivity contribution in [3.8, 4) is 17.2 Å². The molecule has 0 saturated heterocycles. The molecule has 6 rings (SSSR count). The molecule has 0 bridgehead atoms. The fourth-order valence-electron chi connectivity index (χ4n) is 5.67. The van der Waals surface area contributed by atoms with Crippen molar-refractivity contribution in [1.29, 1.82) is 0 Å². The summed E-state index contributed by atoms with van der Waals surface area (Å²) in [6.45, 7) is 6.13. The summed E-state index contributed by atoms with van der Waals surface area (Å²) in [6.07, 6.45) is 1.83. The minimum Gasteiger partial charge on any atom is -0.496 e. The molecule has 0 aliphatic carbocycles. The van der Waals surface area contributed by atoms with Gasteiger partial charge in [-0.3, -0.25) is 14.2 Å². The maximum atomic E-state index is 14.2. The van der Waals surface area contributed by atoms with Gasteiger partial charge in [0.25, 0.3) is 5.56 Å². The first kappa shape index (κ1) is 29.1. The Kier molecular flexibility index (Phi) is 8.17. The third kappa shape index (κ3) is 5.44. The lowest BCUT2D eigenvalue weighted by Crippen LogP contribution is -2.39. The number of methoxy groups -OCH3 is 1. The number of ketones is 1. The first-order chi connectivity index (χ1) is 21.4. The standard InChI is InChI=1S/C36H32N2O5S/c1-5-42-30-19-25(15-17-28(30)43-21-24-11-7-6-8-12-24)20-31-35(40)38-34(32(23(3)39)22(2)37-36(38)44-31)33-27-14-10-9-13-26(27)16-18-29(33)41-4/h6-20,34H,5,21H2,1-4H3/t34-/m0/s1. The van der Waals surface area contributed by atoms with Crippen LogP contribution in [-0.4, -0.2) is 24.1 Å². The van der Waals surface area contributed by atoms with Crippen LogP contribution in [0.15, 0.2) is 106 Å². The third-order valence-electron chi connectivity index (χ3n) is 7.63. The van der Waals surface area contributed by atoms with Gasteiger partial charge in [0.2, 0.25) is 0 Å². The number of hydrogen-bond donors (Lipinski definition) is 0. The van der Waals surface area contributed by atoms with Crippen LogP contribution >= 0.6 is 11.3 Å². The summed E-state index contributed by atoms with van der Waals surface area (Å²) in [5, 5.41) is 1.90. The zero-order valence-corrected chi connectivity index (χ0v) is 25.8. The van der Waals surface area contributed by atoms with Crippen LogP contribution in [0.2, 0.25) is 0 Å². The zero-order chi connectivity index (χ0) is 30.8. The molecule has 44 heavy (non-hydrogen) atoms. The van der Waals surface area contributed by atoms with Gasteiger partial charge in [0.15, 0.2) is 22.1 Å². The Balaban J connectivity index is 1.48. The Morgan fingerprint density at radius 3 is 2.45 bits per heavy atom. The van der Waals surface area contributed by atoms with E-state index in [1.54, 1.807) is 11.7 Å². The number of benzene rings is 4. The van der Waals surface area contributed by atoms with Gasteiger partial charge in [-0.15, -0.1) is 0 Å².